The number of nitrogens with two attached hydrogens (primary N) is 1. The lowest BCUT2D eigenvalue weighted by atomic mass is 10.0. The highest BCUT2D eigenvalue weighted by atomic mass is 16.5. The average molecular weight is 245 g/mol. The molecule has 2 N–H and O–H groups in total. The van der Waals surface area contributed by atoms with Gasteiger partial charge in [0.25, 0.3) is 0 Å². The van der Waals surface area contributed by atoms with Crippen molar-refractivity contribution in [1.29, 1.82) is 0 Å². The van der Waals surface area contributed by atoms with E-state index in [1.807, 2.05) is 49.7 Å². The number of aryl methyl sites for hydroxylation is 1. The molecule has 0 saturated carbocycles. The van der Waals surface area contributed by atoms with E-state index >= 15 is 0 Å². The van der Waals surface area contributed by atoms with Crippen molar-refractivity contribution in [2.24, 2.45) is 12.8 Å². The smallest absolute Gasteiger partial charge is 0.120 e. The van der Waals surface area contributed by atoms with Crippen LogP contribution in [-0.2, 0) is 7.05 Å². The van der Waals surface area contributed by atoms with Crippen molar-refractivity contribution in [2.45, 2.75) is 26.0 Å². The van der Waals surface area contributed by atoms with Crippen LogP contribution in [-0.4, -0.2) is 15.7 Å². The monoisotopic (exact) mass is 245 g/mol. The third-order valence-electron chi connectivity index (χ3n) is 2.76. The van der Waals surface area contributed by atoms with Crippen LogP contribution in [0.3, 0.4) is 0 Å². The molecule has 0 radical (unpaired) electrons. The Morgan fingerprint density at radius 2 is 2.11 bits per heavy atom. The molecule has 18 heavy (non-hydrogen) atoms. The lowest BCUT2D eigenvalue weighted by molar-refractivity contribution is 0.242. The van der Waals surface area contributed by atoms with Crippen LogP contribution in [0.25, 0.3) is 0 Å². The minimum Gasteiger partial charge on any atom is -0.491 e. The molecule has 0 aliphatic carbocycles. The number of ether oxygens (including phenoxy) is 1. The molecule has 0 aliphatic heterocycles. The van der Waals surface area contributed by atoms with Gasteiger partial charge in [-0.25, -0.2) is 4.98 Å². The zero-order chi connectivity index (χ0) is 13.1. The van der Waals surface area contributed by atoms with Crippen molar-refractivity contribution >= 4 is 0 Å². The standard InChI is InChI=1S/C14H19N3O/c1-10(2)18-12-6-4-5-11(7-12)14(15)13-8-16-9-17(13)3/h4-10,14H,15H2,1-3H3. The molecule has 0 spiro atoms. The molecule has 1 aromatic heterocycles. The summed E-state index contributed by atoms with van der Waals surface area (Å²) >= 11 is 0. The van der Waals surface area contributed by atoms with E-state index in [1.54, 1.807) is 12.5 Å². The van der Waals surface area contributed by atoms with Gasteiger partial charge < -0.3 is 15.0 Å². The molecule has 0 amide bonds. The fourth-order valence-corrected chi connectivity index (χ4v) is 1.89. The number of hydrogen-bond donors (Lipinski definition) is 1. The van der Waals surface area contributed by atoms with Gasteiger partial charge in [0.05, 0.1) is 30.4 Å². The van der Waals surface area contributed by atoms with Crippen LogP contribution in [0.2, 0.25) is 0 Å². The van der Waals surface area contributed by atoms with E-state index in [4.69, 9.17) is 10.5 Å². The van der Waals surface area contributed by atoms with Gasteiger partial charge in [0.1, 0.15) is 5.75 Å². The van der Waals surface area contributed by atoms with Gasteiger partial charge in [0.2, 0.25) is 0 Å². The van der Waals surface area contributed by atoms with Crippen LogP contribution in [0.1, 0.15) is 31.1 Å². The second kappa shape index (κ2) is 5.23. The third-order valence-corrected chi connectivity index (χ3v) is 2.76. The summed E-state index contributed by atoms with van der Waals surface area (Å²) in [6.45, 7) is 4.02. The second-order valence-corrected chi connectivity index (χ2v) is 4.65. The molecule has 2 rings (SSSR count). The molecule has 2 aromatic rings. The van der Waals surface area contributed by atoms with Crippen LogP contribution in [0, 0.1) is 0 Å². The topological polar surface area (TPSA) is 53.1 Å². The predicted molar refractivity (Wildman–Crippen MR) is 71.4 cm³/mol. The van der Waals surface area contributed by atoms with E-state index in [0.29, 0.717) is 0 Å². The largest absolute Gasteiger partial charge is 0.491 e. The summed E-state index contributed by atoms with van der Waals surface area (Å²) in [6.07, 6.45) is 3.71. The summed E-state index contributed by atoms with van der Waals surface area (Å²) in [4.78, 5) is 4.09. The molecular formula is C14H19N3O. The van der Waals surface area contributed by atoms with Crippen LogP contribution in [0.4, 0.5) is 0 Å². The van der Waals surface area contributed by atoms with Gasteiger partial charge in [-0.2, -0.15) is 0 Å². The molecule has 1 heterocycles. The fraction of sp³-hybridized carbons (Fsp3) is 0.357. The van der Waals surface area contributed by atoms with Gasteiger partial charge >= 0.3 is 0 Å². The fourth-order valence-electron chi connectivity index (χ4n) is 1.89. The third kappa shape index (κ3) is 2.71. The number of aromatic nitrogens is 2. The summed E-state index contributed by atoms with van der Waals surface area (Å²) in [5.41, 5.74) is 8.25. The lowest BCUT2D eigenvalue weighted by Gasteiger charge is -2.15. The number of imidazole rings is 1. The van der Waals surface area contributed by atoms with Crippen LogP contribution in [0.15, 0.2) is 36.8 Å². The summed E-state index contributed by atoms with van der Waals surface area (Å²) in [7, 11) is 1.94. The van der Waals surface area contributed by atoms with E-state index in [-0.39, 0.29) is 12.1 Å². The normalized spacial score (nSPS) is 12.7. The molecule has 96 valence electrons. The highest BCUT2D eigenvalue weighted by molar-refractivity contribution is 5.34. The minimum atomic E-state index is -0.187. The summed E-state index contributed by atoms with van der Waals surface area (Å²) in [5.74, 6) is 0.847. The van der Waals surface area contributed by atoms with Crippen LogP contribution in [0.5, 0.6) is 5.75 Å². The molecule has 0 aliphatic rings. The number of nitrogens with zero attached hydrogens (tertiary/aromatic N) is 2. The Hall–Kier alpha value is -1.81. The van der Waals surface area contributed by atoms with Crippen molar-refractivity contribution < 1.29 is 4.74 Å². The SMILES string of the molecule is CC(C)Oc1cccc(C(N)c2cncn2C)c1. The summed E-state index contributed by atoms with van der Waals surface area (Å²) in [5, 5.41) is 0. The molecule has 4 nitrogen and oxygen atoms in total. The van der Waals surface area contributed by atoms with Crippen molar-refractivity contribution in [3.63, 3.8) is 0 Å². The number of benzene rings is 1. The van der Waals surface area contributed by atoms with Crippen molar-refractivity contribution in [3.8, 4) is 5.75 Å². The molecule has 0 saturated heterocycles. The first-order valence-electron chi connectivity index (χ1n) is 6.06. The maximum atomic E-state index is 6.24. The Morgan fingerprint density at radius 3 is 2.72 bits per heavy atom. The first-order valence-corrected chi connectivity index (χ1v) is 6.06. The van der Waals surface area contributed by atoms with Crippen molar-refractivity contribution in [1.82, 2.24) is 9.55 Å². The first-order chi connectivity index (χ1) is 8.58. The molecule has 1 unspecified atom stereocenters. The van der Waals surface area contributed by atoms with Crippen molar-refractivity contribution in [3.05, 3.63) is 48.0 Å². The predicted octanol–water partition coefficient (Wildman–Crippen LogP) is 2.26. The highest BCUT2D eigenvalue weighted by Gasteiger charge is 2.13. The van der Waals surface area contributed by atoms with E-state index in [1.165, 1.54) is 0 Å². The zero-order valence-corrected chi connectivity index (χ0v) is 11.0. The van der Waals surface area contributed by atoms with E-state index in [2.05, 4.69) is 4.98 Å². The molecular weight excluding hydrogens is 226 g/mol. The quantitative estimate of drug-likeness (QED) is 0.899. The molecule has 1 atom stereocenters. The van der Waals surface area contributed by atoms with Gasteiger partial charge in [-0.3, -0.25) is 0 Å². The van der Waals surface area contributed by atoms with Gasteiger partial charge in [0.15, 0.2) is 0 Å². The summed E-state index contributed by atoms with van der Waals surface area (Å²) < 4.78 is 7.61. The van der Waals surface area contributed by atoms with Crippen molar-refractivity contribution in [2.75, 3.05) is 0 Å². The van der Waals surface area contributed by atoms with Gasteiger partial charge in [0, 0.05) is 7.05 Å². The Labute approximate surface area is 107 Å². The lowest BCUT2D eigenvalue weighted by Crippen LogP contribution is -2.15. The molecule has 4 heteroatoms. The van der Waals surface area contributed by atoms with E-state index < -0.39 is 0 Å². The number of rotatable bonds is 4. The van der Waals surface area contributed by atoms with Gasteiger partial charge in [-0.05, 0) is 31.5 Å². The van der Waals surface area contributed by atoms with E-state index in [9.17, 15) is 0 Å². The minimum absolute atomic E-state index is 0.160. The molecule has 1 aromatic carbocycles. The molecule has 0 bridgehead atoms. The number of hydrogen-bond acceptors (Lipinski definition) is 3. The van der Waals surface area contributed by atoms with Gasteiger partial charge in [-0.15, -0.1) is 0 Å². The van der Waals surface area contributed by atoms with Crippen LogP contribution < -0.4 is 10.5 Å². The van der Waals surface area contributed by atoms with Gasteiger partial charge in [-0.1, -0.05) is 12.1 Å². The second-order valence-electron chi connectivity index (χ2n) is 4.65. The van der Waals surface area contributed by atoms with Crippen LogP contribution >= 0.6 is 0 Å². The maximum absolute atomic E-state index is 6.24. The summed E-state index contributed by atoms with van der Waals surface area (Å²) in [6, 6.07) is 7.71. The van der Waals surface area contributed by atoms with E-state index in [0.717, 1.165) is 17.0 Å². The zero-order valence-electron chi connectivity index (χ0n) is 11.0. The Bertz CT molecular complexity index is 519. The Morgan fingerprint density at radius 1 is 1.33 bits per heavy atom. The average Bonchev–Trinajstić information content (AvgIpc) is 2.74. The molecule has 0 fully saturated rings. The highest BCUT2D eigenvalue weighted by Crippen LogP contribution is 2.23. The Kier molecular flexibility index (Phi) is 3.67. The maximum Gasteiger partial charge on any atom is 0.120 e. The Balaban J connectivity index is 2.25. The first kappa shape index (κ1) is 12.6.